The molecule has 0 radical (unpaired) electrons. The predicted octanol–water partition coefficient (Wildman–Crippen LogP) is 1.50. The first-order valence-corrected chi connectivity index (χ1v) is 9.96. The largest absolute Gasteiger partial charge is 0.508 e. The van der Waals surface area contributed by atoms with E-state index in [1.807, 2.05) is 0 Å². The quantitative estimate of drug-likeness (QED) is 0.651. The molecule has 0 heterocycles. The third-order valence-corrected chi connectivity index (χ3v) is 5.75. The summed E-state index contributed by atoms with van der Waals surface area (Å²) in [5, 5.41) is 11.8. The lowest BCUT2D eigenvalue weighted by molar-refractivity contribution is -0.119. The third-order valence-electron chi connectivity index (χ3n) is 3.94. The number of esters is 1. The highest BCUT2D eigenvalue weighted by atomic mass is 32.2. The number of sulfonamides is 1. The van der Waals surface area contributed by atoms with Crippen LogP contribution in [0.1, 0.15) is 10.4 Å². The van der Waals surface area contributed by atoms with Crippen molar-refractivity contribution in [1.29, 1.82) is 0 Å². The van der Waals surface area contributed by atoms with E-state index in [2.05, 4.69) is 5.32 Å². The normalized spacial score (nSPS) is 11.2. The lowest BCUT2D eigenvalue weighted by Gasteiger charge is -2.20. The van der Waals surface area contributed by atoms with Gasteiger partial charge in [0.2, 0.25) is 10.0 Å². The van der Waals surface area contributed by atoms with Crippen molar-refractivity contribution in [3.8, 4) is 5.75 Å². The zero-order valence-corrected chi connectivity index (χ0v) is 17.4. The van der Waals surface area contributed by atoms with E-state index in [1.165, 1.54) is 50.5 Å². The van der Waals surface area contributed by atoms with Crippen molar-refractivity contribution in [2.75, 3.05) is 45.0 Å². The van der Waals surface area contributed by atoms with E-state index in [0.29, 0.717) is 5.69 Å². The maximum absolute atomic E-state index is 12.4. The lowest BCUT2D eigenvalue weighted by atomic mass is 10.2. The molecule has 2 rings (SSSR count). The fourth-order valence-corrected chi connectivity index (χ4v) is 3.30. The maximum Gasteiger partial charge on any atom is 0.338 e. The molecule has 0 atom stereocenters. The number of nitrogens with zero attached hydrogens (tertiary/aromatic N) is 2. The first-order chi connectivity index (χ1) is 13.5. The Morgan fingerprint density at radius 1 is 1.03 bits per heavy atom. The van der Waals surface area contributed by atoms with Gasteiger partial charge < -0.3 is 20.1 Å². The second-order valence-corrected chi connectivity index (χ2v) is 8.68. The first kappa shape index (κ1) is 22.2. The van der Waals surface area contributed by atoms with Crippen molar-refractivity contribution in [2.45, 2.75) is 4.90 Å². The fraction of sp³-hybridized carbons (Fsp3) is 0.263. The molecule has 10 heteroatoms. The number of carbonyl (C=O) groups is 2. The second-order valence-electron chi connectivity index (χ2n) is 6.53. The molecule has 0 saturated heterocycles. The highest BCUT2D eigenvalue weighted by molar-refractivity contribution is 7.89. The minimum Gasteiger partial charge on any atom is -0.508 e. The molecule has 2 N–H and O–H groups in total. The van der Waals surface area contributed by atoms with Crippen LogP contribution in [0.5, 0.6) is 5.75 Å². The molecule has 2 aromatic carbocycles. The molecule has 9 nitrogen and oxygen atoms in total. The maximum atomic E-state index is 12.4. The summed E-state index contributed by atoms with van der Waals surface area (Å²) in [5.74, 6) is -1.35. The Morgan fingerprint density at radius 3 is 2.21 bits per heavy atom. The van der Waals surface area contributed by atoms with Crippen LogP contribution in [0.4, 0.5) is 11.4 Å². The summed E-state index contributed by atoms with van der Waals surface area (Å²) in [6.45, 7) is -0.558. The smallest absolute Gasteiger partial charge is 0.338 e. The molecule has 0 aliphatic rings. The van der Waals surface area contributed by atoms with Crippen LogP contribution in [0.2, 0.25) is 0 Å². The van der Waals surface area contributed by atoms with Gasteiger partial charge in [-0.3, -0.25) is 4.79 Å². The number of aromatic hydroxyl groups is 1. The fourth-order valence-electron chi connectivity index (χ4n) is 2.37. The molecule has 0 bridgehead atoms. The number of ether oxygens (including phenoxy) is 1. The number of hydrogen-bond donors (Lipinski definition) is 2. The molecule has 0 aliphatic carbocycles. The number of benzene rings is 2. The van der Waals surface area contributed by atoms with Gasteiger partial charge in [0, 0.05) is 28.2 Å². The Balaban J connectivity index is 2.15. The van der Waals surface area contributed by atoms with E-state index in [9.17, 15) is 23.1 Å². The van der Waals surface area contributed by atoms with E-state index in [0.717, 1.165) is 4.31 Å². The molecule has 0 aliphatic heterocycles. The minimum atomic E-state index is -3.69. The topological polar surface area (TPSA) is 116 Å². The number of amides is 1. The number of carbonyl (C=O) groups excluding carboxylic acids is 2. The average Bonchev–Trinajstić information content (AvgIpc) is 2.66. The summed E-state index contributed by atoms with van der Waals surface area (Å²) in [5.41, 5.74) is 1.04. The van der Waals surface area contributed by atoms with Gasteiger partial charge in [0.1, 0.15) is 5.75 Å². The number of nitrogens with one attached hydrogen (secondary N) is 1. The molecular weight excluding hydrogens is 398 g/mol. The molecule has 1 amide bonds. The van der Waals surface area contributed by atoms with Crippen molar-refractivity contribution >= 4 is 33.3 Å². The molecule has 156 valence electrons. The van der Waals surface area contributed by atoms with E-state index in [1.54, 1.807) is 25.1 Å². The Kier molecular flexibility index (Phi) is 6.83. The summed E-state index contributed by atoms with van der Waals surface area (Å²) in [6, 6.07) is 9.78. The molecule has 0 fully saturated rings. The van der Waals surface area contributed by atoms with Crippen LogP contribution in [-0.2, 0) is 19.6 Å². The summed E-state index contributed by atoms with van der Waals surface area (Å²) in [6.07, 6.45) is 0. The summed E-state index contributed by atoms with van der Waals surface area (Å²) in [7, 11) is 2.63. The number of phenols is 1. The van der Waals surface area contributed by atoms with Gasteiger partial charge >= 0.3 is 5.97 Å². The van der Waals surface area contributed by atoms with Gasteiger partial charge in [-0.25, -0.2) is 17.5 Å². The zero-order valence-electron chi connectivity index (χ0n) is 16.5. The van der Waals surface area contributed by atoms with E-state index in [-0.39, 0.29) is 21.9 Å². The number of rotatable bonds is 7. The number of anilines is 2. The van der Waals surface area contributed by atoms with Gasteiger partial charge in [-0.2, -0.15) is 0 Å². The van der Waals surface area contributed by atoms with E-state index < -0.39 is 28.5 Å². The monoisotopic (exact) mass is 421 g/mol. The van der Waals surface area contributed by atoms with Gasteiger partial charge in [0.15, 0.2) is 6.61 Å². The van der Waals surface area contributed by atoms with Crippen molar-refractivity contribution in [2.24, 2.45) is 0 Å². The van der Waals surface area contributed by atoms with Gasteiger partial charge in [-0.05, 0) is 42.5 Å². The van der Waals surface area contributed by atoms with Gasteiger partial charge in [-0.1, -0.05) is 0 Å². The highest BCUT2D eigenvalue weighted by Crippen LogP contribution is 2.28. The summed E-state index contributed by atoms with van der Waals surface area (Å²) in [4.78, 5) is 26.0. The Bertz CT molecular complexity index is 1000. The number of hydrogen-bond acceptors (Lipinski definition) is 7. The molecule has 2 aromatic rings. The summed E-state index contributed by atoms with van der Waals surface area (Å²) < 4.78 is 30.8. The Morgan fingerprint density at radius 2 is 1.66 bits per heavy atom. The molecule has 0 aromatic heterocycles. The lowest BCUT2D eigenvalue weighted by Crippen LogP contribution is -2.24. The zero-order chi connectivity index (χ0) is 21.8. The van der Waals surface area contributed by atoms with Crippen LogP contribution in [0.3, 0.4) is 0 Å². The van der Waals surface area contributed by atoms with Crippen molar-refractivity contribution in [3.63, 3.8) is 0 Å². The third kappa shape index (κ3) is 5.46. The van der Waals surface area contributed by atoms with E-state index in [4.69, 9.17) is 4.74 Å². The molecule has 0 spiro atoms. The van der Waals surface area contributed by atoms with Gasteiger partial charge in [0.25, 0.3) is 5.91 Å². The van der Waals surface area contributed by atoms with Crippen LogP contribution in [-0.4, -0.2) is 64.5 Å². The van der Waals surface area contributed by atoms with Crippen LogP contribution < -0.4 is 10.2 Å². The SMILES string of the molecule is CN(C)c1ccc(S(=O)(=O)N(C)C)cc1NC(=O)COC(=O)c1ccc(O)cc1. The first-order valence-electron chi connectivity index (χ1n) is 8.52. The standard InChI is InChI=1S/C19H23N3O6S/c1-21(2)17-10-9-15(29(26,27)22(3)4)11-16(17)20-18(24)12-28-19(25)13-5-7-14(23)8-6-13/h5-11,23H,12H2,1-4H3,(H,20,24). The van der Waals surface area contributed by atoms with Crippen molar-refractivity contribution in [3.05, 3.63) is 48.0 Å². The van der Waals surface area contributed by atoms with Crippen molar-refractivity contribution < 1.29 is 27.9 Å². The minimum absolute atomic E-state index is 0.00284. The van der Waals surface area contributed by atoms with Gasteiger partial charge in [0.05, 0.1) is 21.8 Å². The van der Waals surface area contributed by atoms with Crippen LogP contribution >= 0.6 is 0 Å². The summed E-state index contributed by atoms with van der Waals surface area (Å²) >= 11 is 0. The average molecular weight is 421 g/mol. The van der Waals surface area contributed by atoms with E-state index >= 15 is 0 Å². The van der Waals surface area contributed by atoms with Crippen LogP contribution in [0, 0.1) is 0 Å². The highest BCUT2D eigenvalue weighted by Gasteiger charge is 2.20. The number of phenolic OH excluding ortho intramolecular Hbond substituents is 1. The van der Waals surface area contributed by atoms with Crippen LogP contribution in [0.25, 0.3) is 0 Å². The predicted molar refractivity (Wildman–Crippen MR) is 109 cm³/mol. The molecule has 0 saturated carbocycles. The molecule has 29 heavy (non-hydrogen) atoms. The molecule has 0 unspecified atom stereocenters. The second kappa shape index (κ2) is 8.93. The van der Waals surface area contributed by atoms with Crippen LogP contribution in [0.15, 0.2) is 47.4 Å². The molecular formula is C19H23N3O6S. The van der Waals surface area contributed by atoms with Gasteiger partial charge in [-0.15, -0.1) is 0 Å². The Hall–Kier alpha value is -3.11. The van der Waals surface area contributed by atoms with Crippen molar-refractivity contribution in [1.82, 2.24) is 4.31 Å². The Labute approximate surface area is 169 Å².